The van der Waals surface area contributed by atoms with Gasteiger partial charge in [-0.2, -0.15) is 13.2 Å². The molecule has 106 valence electrons. The Morgan fingerprint density at radius 3 is 2.32 bits per heavy atom. The van der Waals surface area contributed by atoms with E-state index in [1.807, 2.05) is 6.07 Å². The Balaban J connectivity index is 1.80. The van der Waals surface area contributed by atoms with E-state index in [2.05, 4.69) is 25.8 Å². The number of alkyl halides is 3. The van der Waals surface area contributed by atoms with Crippen LogP contribution >= 0.6 is 15.9 Å². The number of hydrogen-bond donors (Lipinski definition) is 0. The minimum Gasteiger partial charge on any atom is -0.296 e. The average Bonchev–Trinajstić information content (AvgIpc) is 2.30. The van der Waals surface area contributed by atoms with Crippen LogP contribution in [0.15, 0.2) is 22.9 Å². The second-order valence-corrected chi connectivity index (χ2v) is 5.59. The van der Waals surface area contributed by atoms with Crippen LogP contribution in [0, 0.1) is 0 Å². The summed E-state index contributed by atoms with van der Waals surface area (Å²) in [4.78, 5) is 7.68. The van der Waals surface area contributed by atoms with Gasteiger partial charge in [0.2, 0.25) is 0 Å². The van der Waals surface area contributed by atoms with Crippen LogP contribution < -0.4 is 0 Å². The molecule has 0 spiro atoms. The summed E-state index contributed by atoms with van der Waals surface area (Å²) >= 11 is 3.36. The second-order valence-electron chi connectivity index (χ2n) is 4.68. The van der Waals surface area contributed by atoms with Crippen molar-refractivity contribution in [2.45, 2.75) is 12.7 Å². The molecule has 3 nitrogen and oxygen atoms in total. The van der Waals surface area contributed by atoms with Crippen LogP contribution in [0.3, 0.4) is 0 Å². The Bertz CT molecular complexity index is 417. The van der Waals surface area contributed by atoms with Gasteiger partial charge in [0, 0.05) is 49.6 Å². The predicted octanol–water partition coefficient (Wildman–Crippen LogP) is 2.52. The number of rotatable bonds is 3. The highest BCUT2D eigenvalue weighted by Gasteiger charge is 2.32. The third kappa shape index (κ3) is 5.08. The van der Waals surface area contributed by atoms with Crippen molar-refractivity contribution in [2.24, 2.45) is 0 Å². The molecule has 1 aromatic rings. The molecule has 0 N–H and O–H groups in total. The van der Waals surface area contributed by atoms with Crippen LogP contribution in [-0.4, -0.2) is 53.7 Å². The summed E-state index contributed by atoms with van der Waals surface area (Å²) in [5.74, 6) is 0. The fourth-order valence-electron chi connectivity index (χ4n) is 2.16. The molecule has 1 aliphatic heterocycles. The molecular weight excluding hydrogens is 323 g/mol. The highest BCUT2D eigenvalue weighted by molar-refractivity contribution is 9.10. The van der Waals surface area contributed by atoms with E-state index in [-0.39, 0.29) is 0 Å². The molecule has 0 saturated carbocycles. The van der Waals surface area contributed by atoms with Gasteiger partial charge < -0.3 is 0 Å². The number of hydrogen-bond acceptors (Lipinski definition) is 3. The number of pyridine rings is 1. The first-order chi connectivity index (χ1) is 8.92. The lowest BCUT2D eigenvalue weighted by molar-refractivity contribution is -0.149. The van der Waals surface area contributed by atoms with Crippen LogP contribution in [0.25, 0.3) is 0 Å². The quantitative estimate of drug-likeness (QED) is 0.844. The lowest BCUT2D eigenvalue weighted by Crippen LogP contribution is -2.48. The van der Waals surface area contributed by atoms with Gasteiger partial charge in [-0.05, 0) is 27.6 Å². The first-order valence-corrected chi connectivity index (χ1v) is 6.82. The molecule has 0 aromatic carbocycles. The van der Waals surface area contributed by atoms with Crippen molar-refractivity contribution >= 4 is 15.9 Å². The molecule has 1 fully saturated rings. The van der Waals surface area contributed by atoms with E-state index >= 15 is 0 Å². The average molecular weight is 338 g/mol. The van der Waals surface area contributed by atoms with Crippen LogP contribution in [0.5, 0.6) is 0 Å². The monoisotopic (exact) mass is 337 g/mol. The standard InChI is InChI=1S/C12H15BrF3N3/c13-11-5-10(6-17-7-11)8-18-1-3-19(4-2-18)9-12(14,15)16/h5-7H,1-4,8-9H2. The molecule has 0 bridgehead atoms. The molecule has 7 heteroatoms. The molecule has 2 rings (SSSR count). The van der Waals surface area contributed by atoms with Crippen LogP contribution in [0.4, 0.5) is 13.2 Å². The minimum atomic E-state index is -4.10. The zero-order valence-electron chi connectivity index (χ0n) is 10.3. The molecule has 0 radical (unpaired) electrons. The van der Waals surface area contributed by atoms with Gasteiger partial charge in [-0.1, -0.05) is 0 Å². The van der Waals surface area contributed by atoms with Crippen molar-refractivity contribution in [3.8, 4) is 0 Å². The molecule has 2 heterocycles. The van der Waals surface area contributed by atoms with Crippen LogP contribution in [0.1, 0.15) is 5.56 Å². The van der Waals surface area contributed by atoms with Gasteiger partial charge in [-0.25, -0.2) is 0 Å². The Morgan fingerprint density at radius 1 is 1.11 bits per heavy atom. The molecule has 1 saturated heterocycles. The van der Waals surface area contributed by atoms with Gasteiger partial charge >= 0.3 is 6.18 Å². The van der Waals surface area contributed by atoms with E-state index in [0.29, 0.717) is 26.2 Å². The smallest absolute Gasteiger partial charge is 0.296 e. The maximum atomic E-state index is 12.3. The van der Waals surface area contributed by atoms with E-state index in [0.717, 1.165) is 16.6 Å². The molecule has 1 aromatic heterocycles. The molecule has 0 atom stereocenters. The Hall–Kier alpha value is -0.660. The van der Waals surface area contributed by atoms with Crippen molar-refractivity contribution in [1.82, 2.24) is 14.8 Å². The molecule has 0 aliphatic carbocycles. The Morgan fingerprint density at radius 2 is 1.74 bits per heavy atom. The summed E-state index contributed by atoms with van der Waals surface area (Å²) in [6.45, 7) is 2.15. The summed E-state index contributed by atoms with van der Waals surface area (Å²) in [6, 6.07) is 1.98. The first kappa shape index (κ1) is 14.7. The van der Waals surface area contributed by atoms with Crippen molar-refractivity contribution < 1.29 is 13.2 Å². The normalized spacial score (nSPS) is 18.7. The van der Waals surface area contributed by atoms with E-state index in [1.54, 1.807) is 12.4 Å². The lowest BCUT2D eigenvalue weighted by Gasteiger charge is -2.34. The molecule has 0 amide bonds. The number of aromatic nitrogens is 1. The zero-order valence-corrected chi connectivity index (χ0v) is 11.9. The number of piperazine rings is 1. The summed E-state index contributed by atoms with van der Waals surface area (Å²) in [5.41, 5.74) is 1.07. The van der Waals surface area contributed by atoms with Crippen molar-refractivity contribution in [2.75, 3.05) is 32.7 Å². The summed E-state index contributed by atoms with van der Waals surface area (Å²) in [5, 5.41) is 0. The van der Waals surface area contributed by atoms with Gasteiger partial charge in [0.25, 0.3) is 0 Å². The Kier molecular flexibility index (Phi) is 4.81. The maximum Gasteiger partial charge on any atom is 0.401 e. The third-order valence-electron chi connectivity index (χ3n) is 3.04. The SMILES string of the molecule is FC(F)(F)CN1CCN(Cc2cncc(Br)c2)CC1. The molecular formula is C12H15BrF3N3. The summed E-state index contributed by atoms with van der Waals surface area (Å²) < 4.78 is 37.7. The summed E-state index contributed by atoms with van der Waals surface area (Å²) in [7, 11) is 0. The topological polar surface area (TPSA) is 19.4 Å². The zero-order chi connectivity index (χ0) is 13.9. The molecule has 1 aliphatic rings. The van der Waals surface area contributed by atoms with Crippen molar-refractivity contribution in [3.05, 3.63) is 28.5 Å². The number of halogens is 4. The predicted molar refractivity (Wildman–Crippen MR) is 69.7 cm³/mol. The summed E-state index contributed by atoms with van der Waals surface area (Å²) in [6.07, 6.45) is -0.603. The van der Waals surface area contributed by atoms with Gasteiger partial charge in [-0.15, -0.1) is 0 Å². The highest BCUT2D eigenvalue weighted by Crippen LogP contribution is 2.18. The second kappa shape index (κ2) is 6.19. The fraction of sp³-hybridized carbons (Fsp3) is 0.583. The lowest BCUT2D eigenvalue weighted by atomic mass is 10.2. The maximum absolute atomic E-state index is 12.3. The van der Waals surface area contributed by atoms with Gasteiger partial charge in [0.05, 0.1) is 6.54 Å². The van der Waals surface area contributed by atoms with E-state index in [9.17, 15) is 13.2 Å². The third-order valence-corrected chi connectivity index (χ3v) is 3.47. The first-order valence-electron chi connectivity index (χ1n) is 6.03. The van der Waals surface area contributed by atoms with Crippen LogP contribution in [-0.2, 0) is 6.54 Å². The van der Waals surface area contributed by atoms with Gasteiger partial charge in [-0.3, -0.25) is 14.8 Å². The van der Waals surface area contributed by atoms with Crippen LogP contribution in [0.2, 0.25) is 0 Å². The minimum absolute atomic E-state index is 0.459. The van der Waals surface area contributed by atoms with E-state index < -0.39 is 12.7 Å². The van der Waals surface area contributed by atoms with Gasteiger partial charge in [0.15, 0.2) is 0 Å². The Labute approximate surface area is 118 Å². The van der Waals surface area contributed by atoms with Crippen molar-refractivity contribution in [1.29, 1.82) is 0 Å². The van der Waals surface area contributed by atoms with Gasteiger partial charge in [0.1, 0.15) is 0 Å². The molecule has 0 unspecified atom stereocenters. The molecule has 19 heavy (non-hydrogen) atoms. The number of nitrogens with zero attached hydrogens (tertiary/aromatic N) is 3. The van der Waals surface area contributed by atoms with Crippen molar-refractivity contribution in [3.63, 3.8) is 0 Å². The largest absolute Gasteiger partial charge is 0.401 e. The van der Waals surface area contributed by atoms with E-state index in [4.69, 9.17) is 0 Å². The van der Waals surface area contributed by atoms with E-state index in [1.165, 1.54) is 4.90 Å². The fourth-order valence-corrected chi connectivity index (χ4v) is 2.57. The highest BCUT2D eigenvalue weighted by atomic mass is 79.9.